The van der Waals surface area contributed by atoms with Crippen molar-refractivity contribution < 1.29 is 0 Å². The fraction of sp³-hybridized carbons (Fsp3) is 0.417. The predicted molar refractivity (Wildman–Crippen MR) is 68.2 cm³/mol. The molecule has 2 nitrogen and oxygen atoms in total. The van der Waals surface area contributed by atoms with Crippen molar-refractivity contribution in [3.8, 4) is 10.7 Å². The Bertz CT molecular complexity index is 501. The molecule has 1 aliphatic heterocycles. The summed E-state index contributed by atoms with van der Waals surface area (Å²) in [5.74, 6) is 1.04. The fourth-order valence-corrected chi connectivity index (χ4v) is 3.39. The van der Waals surface area contributed by atoms with Crippen LogP contribution < -0.4 is 0 Å². The minimum atomic E-state index is 0.515. The smallest absolute Gasteiger partial charge is 0.152 e. The number of thiophene rings is 1. The summed E-state index contributed by atoms with van der Waals surface area (Å²) >= 11 is 7.94. The third-order valence-corrected chi connectivity index (χ3v) is 4.35. The highest BCUT2D eigenvalue weighted by molar-refractivity contribution is 7.13. The molecule has 16 heavy (non-hydrogen) atoms. The van der Waals surface area contributed by atoms with E-state index in [0.717, 1.165) is 12.2 Å². The highest BCUT2D eigenvalue weighted by Crippen LogP contribution is 2.36. The molecule has 0 amide bonds. The van der Waals surface area contributed by atoms with Gasteiger partial charge in [0.2, 0.25) is 0 Å². The maximum absolute atomic E-state index is 6.22. The van der Waals surface area contributed by atoms with Gasteiger partial charge >= 0.3 is 0 Å². The summed E-state index contributed by atoms with van der Waals surface area (Å²) in [4.78, 5) is 5.73. The Labute approximate surface area is 104 Å². The van der Waals surface area contributed by atoms with Crippen LogP contribution >= 0.6 is 22.9 Å². The Morgan fingerprint density at radius 3 is 3.19 bits per heavy atom. The van der Waals surface area contributed by atoms with E-state index in [1.54, 1.807) is 11.3 Å². The molecule has 0 spiro atoms. The molecule has 0 bridgehead atoms. The van der Waals surface area contributed by atoms with Crippen molar-refractivity contribution in [3.63, 3.8) is 0 Å². The van der Waals surface area contributed by atoms with Crippen LogP contribution in [-0.4, -0.2) is 9.55 Å². The van der Waals surface area contributed by atoms with E-state index in [1.165, 1.54) is 23.4 Å². The number of hydrogen-bond donors (Lipinski definition) is 0. The Morgan fingerprint density at radius 2 is 2.44 bits per heavy atom. The van der Waals surface area contributed by atoms with Crippen LogP contribution in [0.25, 0.3) is 10.7 Å². The average molecular weight is 253 g/mol. The van der Waals surface area contributed by atoms with Gasteiger partial charge in [0.15, 0.2) is 11.0 Å². The molecule has 0 fully saturated rings. The number of rotatable bonds is 1. The molecule has 0 N–H and O–H groups in total. The van der Waals surface area contributed by atoms with Crippen LogP contribution in [-0.2, 0) is 6.42 Å². The van der Waals surface area contributed by atoms with Crippen molar-refractivity contribution >= 4 is 22.9 Å². The van der Waals surface area contributed by atoms with Crippen LogP contribution in [0.15, 0.2) is 17.5 Å². The molecule has 2 aromatic heterocycles. The van der Waals surface area contributed by atoms with Crippen molar-refractivity contribution in [1.82, 2.24) is 9.55 Å². The van der Waals surface area contributed by atoms with Gasteiger partial charge in [0.25, 0.3) is 0 Å². The minimum absolute atomic E-state index is 0.515. The lowest BCUT2D eigenvalue weighted by molar-refractivity contribution is 0.436. The molecule has 1 atom stereocenters. The predicted octanol–water partition coefficient (Wildman–Crippen LogP) is 4.16. The van der Waals surface area contributed by atoms with Gasteiger partial charge in [-0.15, -0.1) is 11.3 Å². The average Bonchev–Trinajstić information content (AvgIpc) is 2.87. The van der Waals surface area contributed by atoms with Crippen LogP contribution in [0.3, 0.4) is 0 Å². The second-order valence-electron chi connectivity index (χ2n) is 4.26. The van der Waals surface area contributed by atoms with Crippen LogP contribution in [0.1, 0.15) is 31.5 Å². The van der Waals surface area contributed by atoms with E-state index in [1.807, 2.05) is 0 Å². The molecule has 1 aliphatic rings. The Kier molecular flexibility index (Phi) is 2.52. The lowest BCUT2D eigenvalue weighted by Crippen LogP contribution is -2.15. The molecule has 2 aromatic rings. The van der Waals surface area contributed by atoms with Gasteiger partial charge in [-0.25, -0.2) is 4.98 Å². The summed E-state index contributed by atoms with van der Waals surface area (Å²) in [6.07, 6.45) is 3.50. The molecule has 4 heteroatoms. The van der Waals surface area contributed by atoms with Crippen molar-refractivity contribution in [1.29, 1.82) is 0 Å². The van der Waals surface area contributed by atoms with E-state index >= 15 is 0 Å². The Hall–Kier alpha value is -0.800. The molecular formula is C12H13ClN2S. The molecular weight excluding hydrogens is 240 g/mol. The highest BCUT2D eigenvalue weighted by Gasteiger charge is 2.24. The normalized spacial score (nSPS) is 19.8. The van der Waals surface area contributed by atoms with E-state index < -0.39 is 0 Å². The van der Waals surface area contributed by atoms with Crippen LogP contribution in [0.4, 0.5) is 0 Å². The van der Waals surface area contributed by atoms with Gasteiger partial charge in [0.05, 0.1) is 10.6 Å². The van der Waals surface area contributed by atoms with E-state index in [9.17, 15) is 0 Å². The number of imidazole rings is 1. The van der Waals surface area contributed by atoms with Crippen molar-refractivity contribution in [2.24, 2.45) is 0 Å². The van der Waals surface area contributed by atoms with Gasteiger partial charge in [-0.2, -0.15) is 0 Å². The number of nitrogens with zero attached hydrogens (tertiary/aromatic N) is 2. The summed E-state index contributed by atoms with van der Waals surface area (Å²) < 4.78 is 2.32. The monoisotopic (exact) mass is 252 g/mol. The summed E-state index contributed by atoms with van der Waals surface area (Å²) in [5, 5.41) is 2.77. The zero-order chi connectivity index (χ0) is 11.1. The van der Waals surface area contributed by atoms with Crippen LogP contribution in [0.5, 0.6) is 0 Å². The largest absolute Gasteiger partial charge is 0.323 e. The third kappa shape index (κ3) is 1.50. The second-order valence-corrected chi connectivity index (χ2v) is 5.57. The quantitative estimate of drug-likeness (QED) is 0.745. The zero-order valence-electron chi connectivity index (χ0n) is 9.11. The lowest BCUT2D eigenvalue weighted by atomic mass is 10.0. The van der Waals surface area contributed by atoms with Gasteiger partial charge in [-0.1, -0.05) is 17.7 Å². The summed E-state index contributed by atoms with van der Waals surface area (Å²) in [6.45, 7) is 2.25. The number of aromatic nitrogens is 2. The van der Waals surface area contributed by atoms with E-state index in [-0.39, 0.29) is 0 Å². The molecule has 3 rings (SSSR count). The molecule has 0 aliphatic carbocycles. The fourth-order valence-electron chi connectivity index (χ4n) is 2.41. The maximum Gasteiger partial charge on any atom is 0.152 e. The van der Waals surface area contributed by atoms with Crippen molar-refractivity contribution in [2.45, 2.75) is 32.2 Å². The number of fused-ring (bicyclic) bond motifs is 1. The lowest BCUT2D eigenvalue weighted by Gasteiger charge is -2.23. The standard InChI is InChI=1S/C12H13ClN2S/c1-8-4-2-5-9-11(13)14-12(15(8)9)10-6-3-7-16-10/h3,6-8H,2,4-5H2,1H3. The Morgan fingerprint density at radius 1 is 1.56 bits per heavy atom. The molecule has 3 heterocycles. The minimum Gasteiger partial charge on any atom is -0.323 e. The third-order valence-electron chi connectivity index (χ3n) is 3.18. The molecule has 0 saturated carbocycles. The first kappa shape index (κ1) is 10.4. The van der Waals surface area contributed by atoms with Gasteiger partial charge < -0.3 is 4.57 Å². The van der Waals surface area contributed by atoms with Gasteiger partial charge in [0.1, 0.15) is 0 Å². The molecule has 84 valence electrons. The maximum atomic E-state index is 6.22. The van der Waals surface area contributed by atoms with Crippen LogP contribution in [0, 0.1) is 0 Å². The van der Waals surface area contributed by atoms with E-state index in [2.05, 4.69) is 34.0 Å². The molecule has 0 radical (unpaired) electrons. The Balaban J connectivity index is 2.20. The first-order chi connectivity index (χ1) is 7.77. The SMILES string of the molecule is CC1CCCc2c(Cl)nc(-c3cccs3)n21. The number of halogens is 1. The van der Waals surface area contributed by atoms with E-state index in [4.69, 9.17) is 11.6 Å². The first-order valence-corrected chi connectivity index (χ1v) is 6.83. The topological polar surface area (TPSA) is 17.8 Å². The molecule has 0 aromatic carbocycles. The summed E-state index contributed by atoms with van der Waals surface area (Å²) in [5.41, 5.74) is 1.21. The number of hydrogen-bond acceptors (Lipinski definition) is 2. The summed E-state index contributed by atoms with van der Waals surface area (Å²) in [6, 6.07) is 4.68. The van der Waals surface area contributed by atoms with E-state index in [0.29, 0.717) is 11.2 Å². The van der Waals surface area contributed by atoms with Crippen LogP contribution in [0.2, 0.25) is 5.15 Å². The van der Waals surface area contributed by atoms with Crippen molar-refractivity contribution in [3.05, 3.63) is 28.4 Å². The van der Waals surface area contributed by atoms with Gasteiger partial charge in [-0.3, -0.25) is 0 Å². The highest BCUT2D eigenvalue weighted by atomic mass is 35.5. The first-order valence-electron chi connectivity index (χ1n) is 5.58. The van der Waals surface area contributed by atoms with Crippen molar-refractivity contribution in [2.75, 3.05) is 0 Å². The zero-order valence-corrected chi connectivity index (χ0v) is 10.7. The summed E-state index contributed by atoms with van der Waals surface area (Å²) in [7, 11) is 0. The van der Waals surface area contributed by atoms with Gasteiger partial charge in [-0.05, 0) is 37.6 Å². The second kappa shape index (κ2) is 3.90. The molecule has 1 unspecified atom stereocenters. The molecule has 0 saturated heterocycles. The van der Waals surface area contributed by atoms with Gasteiger partial charge in [0, 0.05) is 6.04 Å².